The lowest BCUT2D eigenvalue weighted by atomic mass is 10.1. The summed E-state index contributed by atoms with van der Waals surface area (Å²) in [5.74, 6) is 0. The number of rotatable bonds is 6. The van der Waals surface area contributed by atoms with Gasteiger partial charge in [0.2, 0.25) is 0 Å². The van der Waals surface area contributed by atoms with Crippen molar-refractivity contribution in [3.63, 3.8) is 0 Å². The molecule has 1 atom stereocenters. The van der Waals surface area contributed by atoms with Gasteiger partial charge in [0.15, 0.2) is 0 Å². The van der Waals surface area contributed by atoms with Crippen LogP contribution >= 0.6 is 11.3 Å². The van der Waals surface area contributed by atoms with Crippen LogP contribution in [-0.4, -0.2) is 19.3 Å². The normalized spacial score (nSPS) is 13.3. The molecule has 0 amide bonds. The van der Waals surface area contributed by atoms with Crippen LogP contribution < -0.4 is 5.32 Å². The van der Waals surface area contributed by atoms with Crippen LogP contribution in [0.3, 0.4) is 0 Å². The Balaban J connectivity index is 2.26. The largest absolute Gasteiger partial charge is 0.377 e. The average Bonchev–Trinajstić information content (AvgIpc) is 2.82. The predicted molar refractivity (Wildman–Crippen MR) is 79.3 cm³/mol. The molecule has 3 heteroatoms. The second-order valence-corrected chi connectivity index (χ2v) is 5.59. The minimum Gasteiger partial charge on any atom is -0.377 e. The van der Waals surface area contributed by atoms with Crippen LogP contribution in [0.4, 0.5) is 0 Å². The number of ether oxygens (including phenoxy) is 1. The zero-order valence-electron chi connectivity index (χ0n) is 11.3. The van der Waals surface area contributed by atoms with Gasteiger partial charge in [0.05, 0.1) is 18.8 Å². The Hall–Kier alpha value is -0.900. The van der Waals surface area contributed by atoms with Crippen molar-refractivity contribution in [1.82, 2.24) is 5.32 Å². The summed E-state index contributed by atoms with van der Waals surface area (Å²) in [5, 5.41) is 7.00. The van der Waals surface area contributed by atoms with E-state index < -0.39 is 0 Å². The maximum Gasteiger partial charge on any atom is 0.0665 e. The lowest BCUT2D eigenvalue weighted by Gasteiger charge is -2.20. The zero-order valence-corrected chi connectivity index (χ0v) is 12.1. The fourth-order valence-corrected chi connectivity index (χ4v) is 3.05. The lowest BCUT2D eigenvalue weighted by Crippen LogP contribution is -2.26. The third-order valence-electron chi connectivity index (χ3n) is 2.93. The van der Waals surface area contributed by atoms with Crippen molar-refractivity contribution in [1.29, 1.82) is 0 Å². The Bertz CT molecular complexity index is 492. The molecule has 2 aromatic rings. The third-order valence-corrected chi connectivity index (χ3v) is 3.91. The molecule has 0 fully saturated rings. The first kappa shape index (κ1) is 13.5. The first-order chi connectivity index (χ1) is 8.72. The molecule has 1 unspecified atom stereocenters. The highest BCUT2D eigenvalue weighted by Crippen LogP contribution is 2.29. The van der Waals surface area contributed by atoms with E-state index in [2.05, 4.69) is 55.7 Å². The lowest BCUT2D eigenvalue weighted by molar-refractivity contribution is 0.0617. The molecule has 0 radical (unpaired) electrons. The number of hydrogen-bond acceptors (Lipinski definition) is 3. The Labute approximate surface area is 113 Å². The second-order valence-electron chi connectivity index (χ2n) is 4.68. The summed E-state index contributed by atoms with van der Waals surface area (Å²) in [6.45, 7) is 7.97. The molecule has 0 aliphatic rings. The molecule has 0 aliphatic carbocycles. The zero-order chi connectivity index (χ0) is 13.0. The van der Waals surface area contributed by atoms with Gasteiger partial charge in [-0.2, -0.15) is 0 Å². The van der Waals surface area contributed by atoms with Crippen molar-refractivity contribution in [2.75, 3.05) is 13.2 Å². The minimum absolute atomic E-state index is 0.272. The van der Waals surface area contributed by atoms with Crippen LogP contribution in [0, 0.1) is 0 Å². The van der Waals surface area contributed by atoms with Crippen LogP contribution in [-0.2, 0) is 4.74 Å². The molecular formula is C15H21NOS. The summed E-state index contributed by atoms with van der Waals surface area (Å²) in [4.78, 5) is 0. The monoisotopic (exact) mass is 263 g/mol. The van der Waals surface area contributed by atoms with Crippen LogP contribution in [0.5, 0.6) is 0 Å². The fourth-order valence-electron chi connectivity index (χ4n) is 2.08. The standard InChI is InChI=1S/C15H21NOS/c1-4-16-14(10-17-11(2)3)13-7-5-6-12-8-9-18-15(12)13/h5-9,11,14,16H,4,10H2,1-3H3. The van der Waals surface area contributed by atoms with E-state index in [1.807, 2.05) is 0 Å². The van der Waals surface area contributed by atoms with Gasteiger partial charge in [-0.3, -0.25) is 0 Å². The summed E-state index contributed by atoms with van der Waals surface area (Å²) in [6.07, 6.45) is 0.272. The summed E-state index contributed by atoms with van der Waals surface area (Å²) in [6, 6.07) is 8.96. The third kappa shape index (κ3) is 3.10. The molecule has 1 aromatic heterocycles. The predicted octanol–water partition coefficient (Wildman–Crippen LogP) is 3.98. The molecule has 0 saturated carbocycles. The van der Waals surface area contributed by atoms with Gasteiger partial charge in [-0.25, -0.2) is 0 Å². The van der Waals surface area contributed by atoms with Crippen molar-refractivity contribution >= 4 is 21.4 Å². The maximum absolute atomic E-state index is 5.78. The van der Waals surface area contributed by atoms with Crippen molar-refractivity contribution < 1.29 is 4.74 Å². The van der Waals surface area contributed by atoms with E-state index in [1.54, 1.807) is 11.3 Å². The smallest absolute Gasteiger partial charge is 0.0665 e. The Morgan fingerprint density at radius 3 is 2.83 bits per heavy atom. The SMILES string of the molecule is CCNC(COC(C)C)c1cccc2ccsc12. The highest BCUT2D eigenvalue weighted by molar-refractivity contribution is 7.17. The average molecular weight is 263 g/mol. The first-order valence-electron chi connectivity index (χ1n) is 6.53. The number of thiophene rings is 1. The molecule has 1 aromatic carbocycles. The minimum atomic E-state index is 0.272. The first-order valence-corrected chi connectivity index (χ1v) is 7.41. The van der Waals surface area contributed by atoms with Crippen LogP contribution in [0.25, 0.3) is 10.1 Å². The summed E-state index contributed by atoms with van der Waals surface area (Å²) < 4.78 is 7.15. The molecule has 2 nitrogen and oxygen atoms in total. The summed E-state index contributed by atoms with van der Waals surface area (Å²) in [5.41, 5.74) is 1.35. The van der Waals surface area contributed by atoms with E-state index in [-0.39, 0.29) is 12.1 Å². The van der Waals surface area contributed by atoms with Gasteiger partial charge >= 0.3 is 0 Å². The number of likely N-dealkylation sites (N-methyl/N-ethyl adjacent to an activating group) is 1. The number of hydrogen-bond donors (Lipinski definition) is 1. The second kappa shape index (κ2) is 6.32. The van der Waals surface area contributed by atoms with E-state index in [4.69, 9.17) is 4.74 Å². The number of benzene rings is 1. The van der Waals surface area contributed by atoms with Crippen molar-refractivity contribution in [3.05, 3.63) is 35.2 Å². The quantitative estimate of drug-likeness (QED) is 0.851. The molecule has 0 bridgehead atoms. The molecule has 0 saturated heterocycles. The van der Waals surface area contributed by atoms with Crippen LogP contribution in [0.15, 0.2) is 29.6 Å². The van der Waals surface area contributed by atoms with E-state index in [0.717, 1.165) is 13.2 Å². The van der Waals surface area contributed by atoms with Gasteiger partial charge in [-0.1, -0.05) is 25.1 Å². The maximum atomic E-state index is 5.78. The molecule has 98 valence electrons. The highest BCUT2D eigenvalue weighted by Gasteiger charge is 2.14. The highest BCUT2D eigenvalue weighted by atomic mass is 32.1. The van der Waals surface area contributed by atoms with Gasteiger partial charge in [-0.05, 0) is 42.8 Å². The van der Waals surface area contributed by atoms with Crippen LogP contribution in [0.1, 0.15) is 32.4 Å². The van der Waals surface area contributed by atoms with Gasteiger partial charge < -0.3 is 10.1 Å². The fraction of sp³-hybridized carbons (Fsp3) is 0.467. The Kier molecular flexibility index (Phi) is 4.75. The molecular weight excluding hydrogens is 242 g/mol. The van der Waals surface area contributed by atoms with E-state index in [0.29, 0.717) is 0 Å². The van der Waals surface area contributed by atoms with E-state index >= 15 is 0 Å². The molecule has 2 rings (SSSR count). The van der Waals surface area contributed by atoms with Crippen molar-refractivity contribution in [2.24, 2.45) is 0 Å². The van der Waals surface area contributed by atoms with Crippen molar-refractivity contribution in [3.8, 4) is 0 Å². The molecule has 0 spiro atoms. The summed E-state index contributed by atoms with van der Waals surface area (Å²) in [7, 11) is 0. The number of nitrogens with one attached hydrogen (secondary N) is 1. The van der Waals surface area contributed by atoms with Gasteiger partial charge in [0.25, 0.3) is 0 Å². The molecule has 0 aliphatic heterocycles. The Morgan fingerprint density at radius 2 is 2.11 bits per heavy atom. The van der Waals surface area contributed by atoms with Gasteiger partial charge in [-0.15, -0.1) is 11.3 Å². The van der Waals surface area contributed by atoms with Gasteiger partial charge in [0, 0.05) is 4.70 Å². The van der Waals surface area contributed by atoms with Crippen molar-refractivity contribution in [2.45, 2.75) is 32.9 Å². The summed E-state index contributed by atoms with van der Waals surface area (Å²) >= 11 is 1.81. The number of fused-ring (bicyclic) bond motifs is 1. The topological polar surface area (TPSA) is 21.3 Å². The molecule has 1 N–H and O–H groups in total. The van der Waals surface area contributed by atoms with E-state index in [9.17, 15) is 0 Å². The Morgan fingerprint density at radius 1 is 1.28 bits per heavy atom. The van der Waals surface area contributed by atoms with Crippen LogP contribution in [0.2, 0.25) is 0 Å². The van der Waals surface area contributed by atoms with E-state index in [1.165, 1.54) is 15.6 Å². The van der Waals surface area contributed by atoms with Gasteiger partial charge in [0.1, 0.15) is 0 Å². The molecule has 1 heterocycles. The molecule has 18 heavy (non-hydrogen) atoms.